The van der Waals surface area contributed by atoms with E-state index in [4.69, 9.17) is 5.11 Å². The van der Waals surface area contributed by atoms with E-state index < -0.39 is 27.6 Å². The predicted molar refractivity (Wildman–Crippen MR) is 111 cm³/mol. The smallest absolute Gasteiger partial charge is 0.409 e. The second-order valence-electron chi connectivity index (χ2n) is 7.45. The van der Waals surface area contributed by atoms with Crippen LogP contribution in [0.3, 0.4) is 0 Å². The molecule has 2 amide bonds. The number of anilines is 2. The Labute approximate surface area is 168 Å². The number of sulfonamides is 1. The molecule has 8 nitrogen and oxygen atoms in total. The Bertz CT molecular complexity index is 1090. The van der Waals surface area contributed by atoms with E-state index >= 15 is 0 Å². The van der Waals surface area contributed by atoms with E-state index in [-0.39, 0.29) is 10.6 Å². The van der Waals surface area contributed by atoms with E-state index in [9.17, 15) is 18.0 Å². The van der Waals surface area contributed by atoms with Crippen LogP contribution in [-0.4, -0.2) is 35.4 Å². The Kier molecular flexibility index (Phi) is 5.10. The fraction of sp³-hybridized carbons (Fsp3) is 0.200. The zero-order chi connectivity index (χ0) is 21.4. The number of nitrogens with one attached hydrogen (secondary N) is 2. The highest BCUT2D eigenvalue weighted by Gasteiger charge is 2.49. The molecular weight excluding hydrogens is 394 g/mol. The SMILES string of the molecule is CC(C)(C)N1C(=O)C(Nc2ccc(NC(=O)O)cc2)=C(c2ccccc2)S1(=O)=O. The van der Waals surface area contributed by atoms with Gasteiger partial charge in [-0.05, 0) is 50.6 Å². The summed E-state index contributed by atoms with van der Waals surface area (Å²) in [6, 6.07) is 14.6. The maximum absolute atomic E-state index is 13.3. The van der Waals surface area contributed by atoms with Gasteiger partial charge in [-0.25, -0.2) is 17.5 Å². The third kappa shape index (κ3) is 3.95. The molecule has 2 aromatic rings. The van der Waals surface area contributed by atoms with Gasteiger partial charge in [-0.3, -0.25) is 10.1 Å². The summed E-state index contributed by atoms with van der Waals surface area (Å²) < 4.78 is 27.4. The standard InChI is InChI=1S/C20H21N3O5S/c1-20(2,3)23-18(24)16(17(29(23,27)28)13-7-5-4-6-8-13)21-14-9-11-15(12-10-14)22-19(25)26/h4-12,21-22H,1-3H3,(H,25,26). The van der Waals surface area contributed by atoms with E-state index in [0.717, 1.165) is 4.31 Å². The van der Waals surface area contributed by atoms with Gasteiger partial charge in [-0.1, -0.05) is 30.3 Å². The van der Waals surface area contributed by atoms with Crippen molar-refractivity contribution in [3.05, 3.63) is 65.9 Å². The van der Waals surface area contributed by atoms with Crippen molar-refractivity contribution in [1.82, 2.24) is 4.31 Å². The molecule has 2 aromatic carbocycles. The van der Waals surface area contributed by atoms with Gasteiger partial charge in [0.1, 0.15) is 10.6 Å². The highest BCUT2D eigenvalue weighted by atomic mass is 32.2. The minimum Gasteiger partial charge on any atom is -0.465 e. The number of benzene rings is 2. The fourth-order valence-electron chi connectivity index (χ4n) is 3.09. The van der Waals surface area contributed by atoms with Crippen molar-refractivity contribution in [2.75, 3.05) is 10.6 Å². The van der Waals surface area contributed by atoms with Gasteiger partial charge in [0.15, 0.2) is 0 Å². The summed E-state index contributed by atoms with van der Waals surface area (Å²) in [5.74, 6) is -0.649. The second kappa shape index (κ2) is 7.25. The first-order chi connectivity index (χ1) is 13.5. The average molecular weight is 415 g/mol. The molecule has 0 saturated heterocycles. The number of hydrogen-bond donors (Lipinski definition) is 3. The molecule has 0 radical (unpaired) electrons. The summed E-state index contributed by atoms with van der Waals surface area (Å²) in [6.07, 6.45) is -1.20. The number of hydrogen-bond acceptors (Lipinski definition) is 5. The van der Waals surface area contributed by atoms with Gasteiger partial charge in [-0.15, -0.1) is 0 Å². The predicted octanol–water partition coefficient (Wildman–Crippen LogP) is 3.53. The summed E-state index contributed by atoms with van der Waals surface area (Å²) in [7, 11) is -4.07. The van der Waals surface area contributed by atoms with Crippen molar-refractivity contribution >= 4 is 38.3 Å². The minimum atomic E-state index is -4.07. The van der Waals surface area contributed by atoms with Gasteiger partial charge in [0, 0.05) is 11.4 Å². The van der Waals surface area contributed by atoms with E-state index in [0.29, 0.717) is 16.9 Å². The molecule has 0 aromatic heterocycles. The molecule has 0 fully saturated rings. The largest absolute Gasteiger partial charge is 0.465 e. The van der Waals surface area contributed by atoms with Crippen LogP contribution in [0.25, 0.3) is 4.91 Å². The minimum absolute atomic E-state index is 0.0509. The molecule has 1 aliphatic heterocycles. The molecule has 0 aliphatic carbocycles. The summed E-state index contributed by atoms with van der Waals surface area (Å²) in [4.78, 5) is 23.7. The first kappa shape index (κ1) is 20.4. The van der Waals surface area contributed by atoms with Crippen molar-refractivity contribution in [2.24, 2.45) is 0 Å². The molecule has 0 saturated carbocycles. The molecule has 3 N–H and O–H groups in total. The molecule has 3 rings (SSSR count). The first-order valence-electron chi connectivity index (χ1n) is 8.78. The van der Waals surface area contributed by atoms with Gasteiger partial charge >= 0.3 is 6.09 Å². The van der Waals surface area contributed by atoms with Crippen LogP contribution in [-0.2, 0) is 14.8 Å². The topological polar surface area (TPSA) is 116 Å². The first-order valence-corrected chi connectivity index (χ1v) is 10.2. The maximum Gasteiger partial charge on any atom is 0.409 e. The Balaban J connectivity index is 2.09. The Morgan fingerprint density at radius 3 is 2.03 bits per heavy atom. The third-order valence-electron chi connectivity index (χ3n) is 4.17. The van der Waals surface area contributed by atoms with Crippen LogP contribution in [0, 0.1) is 0 Å². The lowest BCUT2D eigenvalue weighted by molar-refractivity contribution is -0.124. The molecule has 0 bridgehead atoms. The number of amides is 2. The van der Waals surface area contributed by atoms with Crippen molar-refractivity contribution in [1.29, 1.82) is 0 Å². The highest BCUT2D eigenvalue weighted by molar-refractivity contribution is 7.99. The lowest BCUT2D eigenvalue weighted by atomic mass is 10.1. The summed E-state index contributed by atoms with van der Waals surface area (Å²) in [5, 5.41) is 13.9. The second-order valence-corrected chi connectivity index (χ2v) is 9.17. The Morgan fingerprint density at radius 1 is 0.966 bits per heavy atom. The van der Waals surface area contributed by atoms with Crippen LogP contribution in [0.5, 0.6) is 0 Å². The Morgan fingerprint density at radius 2 is 1.52 bits per heavy atom. The van der Waals surface area contributed by atoms with Crippen molar-refractivity contribution < 1.29 is 23.1 Å². The van der Waals surface area contributed by atoms with Crippen molar-refractivity contribution in [3.63, 3.8) is 0 Å². The number of nitrogens with zero attached hydrogens (tertiary/aromatic N) is 1. The number of carbonyl (C=O) groups excluding carboxylic acids is 1. The summed E-state index contributed by atoms with van der Waals surface area (Å²) >= 11 is 0. The van der Waals surface area contributed by atoms with Gasteiger partial charge in [-0.2, -0.15) is 0 Å². The number of rotatable bonds is 4. The van der Waals surface area contributed by atoms with Gasteiger partial charge in [0.25, 0.3) is 15.9 Å². The molecule has 0 atom stereocenters. The normalized spacial score (nSPS) is 16.1. The lowest BCUT2D eigenvalue weighted by Crippen LogP contribution is -2.46. The molecule has 1 heterocycles. The van der Waals surface area contributed by atoms with Gasteiger partial charge in [0.2, 0.25) is 0 Å². The van der Waals surface area contributed by atoms with Crippen LogP contribution in [0.4, 0.5) is 16.2 Å². The number of carboxylic acid groups (broad SMARTS) is 1. The molecule has 9 heteroatoms. The maximum atomic E-state index is 13.3. The molecule has 29 heavy (non-hydrogen) atoms. The fourth-order valence-corrected chi connectivity index (χ4v) is 5.13. The molecular formula is C20H21N3O5S. The van der Waals surface area contributed by atoms with Gasteiger partial charge in [0.05, 0.1) is 5.54 Å². The van der Waals surface area contributed by atoms with Crippen LogP contribution < -0.4 is 10.6 Å². The molecule has 1 aliphatic rings. The highest BCUT2D eigenvalue weighted by Crippen LogP contribution is 2.39. The summed E-state index contributed by atoms with van der Waals surface area (Å²) in [6.45, 7) is 4.96. The van der Waals surface area contributed by atoms with E-state index in [1.807, 2.05) is 0 Å². The monoisotopic (exact) mass is 415 g/mol. The number of carbonyl (C=O) groups is 2. The summed E-state index contributed by atoms with van der Waals surface area (Å²) in [5.41, 5.74) is 0.198. The average Bonchev–Trinajstić information content (AvgIpc) is 2.81. The zero-order valence-electron chi connectivity index (χ0n) is 16.1. The van der Waals surface area contributed by atoms with Gasteiger partial charge < -0.3 is 10.4 Å². The zero-order valence-corrected chi connectivity index (χ0v) is 16.9. The third-order valence-corrected chi connectivity index (χ3v) is 6.32. The van der Waals surface area contributed by atoms with Crippen LogP contribution >= 0.6 is 0 Å². The van der Waals surface area contributed by atoms with Crippen LogP contribution in [0.1, 0.15) is 26.3 Å². The van der Waals surface area contributed by atoms with E-state index in [2.05, 4.69) is 10.6 Å². The quantitative estimate of drug-likeness (QED) is 0.704. The van der Waals surface area contributed by atoms with E-state index in [1.54, 1.807) is 63.2 Å². The van der Waals surface area contributed by atoms with Crippen molar-refractivity contribution in [2.45, 2.75) is 26.3 Å². The molecule has 0 unspecified atom stereocenters. The molecule has 152 valence electrons. The van der Waals surface area contributed by atoms with Crippen LogP contribution in [0.15, 0.2) is 60.3 Å². The Hall–Kier alpha value is -3.33. The lowest BCUT2D eigenvalue weighted by Gasteiger charge is -2.30. The van der Waals surface area contributed by atoms with Crippen molar-refractivity contribution in [3.8, 4) is 0 Å². The van der Waals surface area contributed by atoms with Crippen LogP contribution in [0.2, 0.25) is 0 Å². The van der Waals surface area contributed by atoms with E-state index in [1.165, 1.54) is 12.1 Å². The molecule has 0 spiro atoms.